The highest BCUT2D eigenvalue weighted by Crippen LogP contribution is 2.30. The normalized spacial score (nSPS) is 11.3. The Bertz CT molecular complexity index is 1270. The summed E-state index contributed by atoms with van der Waals surface area (Å²) in [5, 5.41) is 2.87. The van der Waals surface area contributed by atoms with Crippen molar-refractivity contribution in [3.63, 3.8) is 0 Å². The molecular weight excluding hydrogens is 427 g/mol. The van der Waals surface area contributed by atoms with E-state index in [4.69, 9.17) is 0 Å². The molecule has 0 saturated carbocycles. The predicted octanol–water partition coefficient (Wildman–Crippen LogP) is 6.32. The Morgan fingerprint density at radius 1 is 0.818 bits per heavy atom. The number of rotatable bonds is 5. The predicted molar refractivity (Wildman–Crippen MR) is 121 cm³/mol. The van der Waals surface area contributed by atoms with E-state index in [1.807, 2.05) is 43.3 Å². The lowest BCUT2D eigenvalue weighted by molar-refractivity contribution is -0.137. The molecule has 2 aromatic heterocycles. The second-order valence-electron chi connectivity index (χ2n) is 7.61. The van der Waals surface area contributed by atoms with Crippen LogP contribution in [0.2, 0.25) is 0 Å². The summed E-state index contributed by atoms with van der Waals surface area (Å²) in [6, 6.07) is 19.7. The van der Waals surface area contributed by atoms with Gasteiger partial charge in [-0.3, -0.25) is 14.8 Å². The summed E-state index contributed by atoms with van der Waals surface area (Å²) in [5.74, 6) is -0.202. The smallest absolute Gasteiger partial charge is 0.326 e. The number of carbonyl (C=O) groups excluding carboxylic acids is 1. The molecule has 1 amide bonds. The number of pyridine rings is 2. The van der Waals surface area contributed by atoms with Crippen molar-refractivity contribution in [3.05, 3.63) is 102 Å². The van der Waals surface area contributed by atoms with Gasteiger partial charge in [0.15, 0.2) is 0 Å². The number of benzene rings is 2. The van der Waals surface area contributed by atoms with Crippen LogP contribution in [0.1, 0.15) is 16.8 Å². The molecule has 0 aliphatic carbocycles. The second-order valence-corrected chi connectivity index (χ2v) is 7.61. The summed E-state index contributed by atoms with van der Waals surface area (Å²) in [6.07, 6.45) is -0.974. The Morgan fingerprint density at radius 3 is 2.15 bits per heavy atom. The van der Waals surface area contributed by atoms with Crippen molar-refractivity contribution in [1.29, 1.82) is 0 Å². The lowest BCUT2D eigenvalue weighted by Crippen LogP contribution is -2.14. The molecule has 7 heteroatoms. The Hall–Kier alpha value is -4.00. The molecule has 0 saturated heterocycles. The highest BCUT2D eigenvalue weighted by Gasteiger charge is 2.30. The molecule has 166 valence electrons. The summed E-state index contributed by atoms with van der Waals surface area (Å²) in [7, 11) is 0. The first-order valence-electron chi connectivity index (χ1n) is 10.2. The molecule has 4 rings (SSSR count). The lowest BCUT2D eigenvalue weighted by Gasteiger charge is -2.09. The van der Waals surface area contributed by atoms with Gasteiger partial charge in [-0.2, -0.15) is 13.2 Å². The van der Waals surface area contributed by atoms with Crippen molar-refractivity contribution >= 4 is 11.6 Å². The number of nitrogens with one attached hydrogen (secondary N) is 1. The van der Waals surface area contributed by atoms with Gasteiger partial charge in [0.2, 0.25) is 5.91 Å². The number of halogens is 3. The van der Waals surface area contributed by atoms with Crippen LogP contribution in [0.3, 0.4) is 0 Å². The summed E-state index contributed by atoms with van der Waals surface area (Å²) >= 11 is 0. The fourth-order valence-electron chi connectivity index (χ4n) is 3.43. The van der Waals surface area contributed by atoms with E-state index < -0.39 is 11.7 Å². The number of alkyl halides is 3. The topological polar surface area (TPSA) is 54.9 Å². The van der Waals surface area contributed by atoms with Crippen LogP contribution in [-0.4, -0.2) is 15.9 Å². The molecule has 0 radical (unpaired) electrons. The third-order valence-electron chi connectivity index (χ3n) is 5.10. The van der Waals surface area contributed by atoms with Crippen molar-refractivity contribution in [3.8, 4) is 22.4 Å². The van der Waals surface area contributed by atoms with Crippen LogP contribution >= 0.6 is 0 Å². The fourth-order valence-corrected chi connectivity index (χ4v) is 3.43. The molecule has 0 aliphatic rings. The first kappa shape index (κ1) is 22.2. The number of anilines is 1. The maximum atomic E-state index is 12.8. The van der Waals surface area contributed by atoms with Gasteiger partial charge in [-0.15, -0.1) is 0 Å². The zero-order valence-corrected chi connectivity index (χ0v) is 17.7. The second kappa shape index (κ2) is 9.24. The zero-order valence-electron chi connectivity index (χ0n) is 17.7. The number of aromatic nitrogens is 2. The summed E-state index contributed by atoms with van der Waals surface area (Å²) in [5.41, 5.74) is 4.72. The standard InChI is InChI=1S/C26H20F3N3O/c1-17-14-21(11-13-30-17)19-4-8-23(9-5-19)32-25(33)16-18-10-12-31-24(15-18)20-2-6-22(7-3-20)26(27,28)29/h2-15H,16H2,1H3,(H,32,33). The monoisotopic (exact) mass is 447 g/mol. The highest BCUT2D eigenvalue weighted by atomic mass is 19.4. The average molecular weight is 447 g/mol. The van der Waals surface area contributed by atoms with Gasteiger partial charge in [-0.1, -0.05) is 24.3 Å². The average Bonchev–Trinajstić information content (AvgIpc) is 2.79. The maximum absolute atomic E-state index is 12.8. The van der Waals surface area contributed by atoms with Crippen LogP contribution < -0.4 is 5.32 Å². The zero-order chi connectivity index (χ0) is 23.4. The van der Waals surface area contributed by atoms with E-state index in [1.165, 1.54) is 12.1 Å². The van der Waals surface area contributed by atoms with E-state index in [1.54, 1.807) is 24.5 Å². The van der Waals surface area contributed by atoms with Crippen LogP contribution in [0, 0.1) is 6.92 Å². The fraction of sp³-hybridized carbons (Fsp3) is 0.115. The van der Waals surface area contributed by atoms with Crippen LogP contribution in [0.5, 0.6) is 0 Å². The summed E-state index contributed by atoms with van der Waals surface area (Å²) in [4.78, 5) is 20.9. The molecule has 0 unspecified atom stereocenters. The van der Waals surface area contributed by atoms with Crippen molar-refractivity contribution < 1.29 is 18.0 Å². The minimum absolute atomic E-state index is 0.113. The quantitative estimate of drug-likeness (QED) is 0.390. The van der Waals surface area contributed by atoms with Crippen LogP contribution in [0.15, 0.2) is 85.2 Å². The molecule has 0 spiro atoms. The number of carbonyl (C=O) groups is 1. The third-order valence-corrected chi connectivity index (χ3v) is 5.10. The van der Waals surface area contributed by atoms with Crippen molar-refractivity contribution in [2.24, 2.45) is 0 Å². The highest BCUT2D eigenvalue weighted by molar-refractivity contribution is 5.92. The number of nitrogens with zero attached hydrogens (tertiary/aromatic N) is 2. The number of hydrogen-bond acceptors (Lipinski definition) is 3. The Labute approximate surface area is 189 Å². The first-order chi connectivity index (χ1) is 15.8. The van der Waals surface area contributed by atoms with Gasteiger partial charge < -0.3 is 5.32 Å². The third kappa shape index (κ3) is 5.63. The molecule has 0 atom stereocenters. The van der Waals surface area contributed by atoms with Gasteiger partial charge in [0.25, 0.3) is 0 Å². The van der Waals surface area contributed by atoms with Gasteiger partial charge in [-0.25, -0.2) is 0 Å². The van der Waals surface area contributed by atoms with Crippen LogP contribution in [0.25, 0.3) is 22.4 Å². The molecule has 2 aromatic carbocycles. The van der Waals surface area contributed by atoms with Gasteiger partial charge in [0, 0.05) is 29.3 Å². The van der Waals surface area contributed by atoms with E-state index >= 15 is 0 Å². The van der Waals surface area contributed by atoms with Crippen LogP contribution in [-0.2, 0) is 17.4 Å². The molecule has 0 aliphatic heterocycles. The molecular formula is C26H20F3N3O. The summed E-state index contributed by atoms with van der Waals surface area (Å²) < 4.78 is 38.3. The molecule has 1 N–H and O–H groups in total. The summed E-state index contributed by atoms with van der Waals surface area (Å²) in [6.45, 7) is 1.93. The van der Waals surface area contributed by atoms with E-state index in [9.17, 15) is 18.0 Å². The molecule has 4 nitrogen and oxygen atoms in total. The lowest BCUT2D eigenvalue weighted by atomic mass is 10.0. The van der Waals surface area contributed by atoms with E-state index in [0.29, 0.717) is 22.5 Å². The largest absolute Gasteiger partial charge is 0.416 e. The number of aryl methyl sites for hydroxylation is 1. The molecule has 2 heterocycles. The molecule has 33 heavy (non-hydrogen) atoms. The van der Waals surface area contributed by atoms with Gasteiger partial charge in [-0.05, 0) is 72.1 Å². The molecule has 4 aromatic rings. The minimum Gasteiger partial charge on any atom is -0.326 e. The van der Waals surface area contributed by atoms with Crippen molar-refractivity contribution in [1.82, 2.24) is 9.97 Å². The molecule has 0 fully saturated rings. The van der Waals surface area contributed by atoms with Gasteiger partial charge >= 0.3 is 6.18 Å². The number of hydrogen-bond donors (Lipinski definition) is 1. The minimum atomic E-state index is -4.39. The SMILES string of the molecule is Cc1cc(-c2ccc(NC(=O)Cc3ccnc(-c4ccc(C(F)(F)F)cc4)c3)cc2)ccn1. The van der Waals surface area contributed by atoms with E-state index in [2.05, 4.69) is 15.3 Å². The van der Waals surface area contributed by atoms with E-state index in [0.717, 1.165) is 29.0 Å². The van der Waals surface area contributed by atoms with E-state index in [-0.39, 0.29) is 12.3 Å². The van der Waals surface area contributed by atoms with Crippen LogP contribution in [0.4, 0.5) is 18.9 Å². The number of amides is 1. The molecule has 0 bridgehead atoms. The Balaban J connectivity index is 1.42. The Morgan fingerprint density at radius 2 is 1.48 bits per heavy atom. The maximum Gasteiger partial charge on any atom is 0.416 e. The van der Waals surface area contributed by atoms with Crippen molar-refractivity contribution in [2.75, 3.05) is 5.32 Å². The Kier molecular flexibility index (Phi) is 6.22. The van der Waals surface area contributed by atoms with Gasteiger partial charge in [0.1, 0.15) is 0 Å². The van der Waals surface area contributed by atoms with Gasteiger partial charge in [0.05, 0.1) is 17.7 Å². The first-order valence-corrected chi connectivity index (χ1v) is 10.2. The van der Waals surface area contributed by atoms with Crippen molar-refractivity contribution in [2.45, 2.75) is 19.5 Å².